The van der Waals surface area contributed by atoms with E-state index in [0.29, 0.717) is 11.1 Å². The van der Waals surface area contributed by atoms with E-state index < -0.39 is 5.97 Å². The molecule has 94 valence electrons. The van der Waals surface area contributed by atoms with Crippen molar-refractivity contribution in [3.05, 3.63) is 53.6 Å². The molecule has 4 heteroatoms. The van der Waals surface area contributed by atoms with Crippen molar-refractivity contribution in [1.82, 2.24) is 0 Å². The fourth-order valence-corrected chi connectivity index (χ4v) is 1.82. The van der Waals surface area contributed by atoms with Crippen LogP contribution in [0.3, 0.4) is 0 Å². The van der Waals surface area contributed by atoms with Gasteiger partial charge >= 0.3 is 5.97 Å². The van der Waals surface area contributed by atoms with Gasteiger partial charge in [0.05, 0.1) is 18.7 Å². The predicted molar refractivity (Wildman–Crippen MR) is 69.6 cm³/mol. The van der Waals surface area contributed by atoms with E-state index in [2.05, 4.69) is 4.74 Å². The van der Waals surface area contributed by atoms with E-state index >= 15 is 0 Å². The van der Waals surface area contributed by atoms with E-state index in [1.807, 2.05) is 6.07 Å². The van der Waals surface area contributed by atoms with Crippen LogP contribution in [0.25, 0.3) is 11.1 Å². The van der Waals surface area contributed by atoms with Crippen LogP contribution in [-0.2, 0) is 4.74 Å². The van der Waals surface area contributed by atoms with E-state index in [-0.39, 0.29) is 11.3 Å². The Kier molecular flexibility index (Phi) is 3.48. The fourth-order valence-electron chi connectivity index (χ4n) is 1.82. The molecule has 19 heavy (non-hydrogen) atoms. The molecular formula is C15H11NO3. The van der Waals surface area contributed by atoms with Gasteiger partial charge in [0, 0.05) is 0 Å². The molecule has 0 saturated carbocycles. The summed E-state index contributed by atoms with van der Waals surface area (Å²) in [5, 5.41) is 18.6. The van der Waals surface area contributed by atoms with Gasteiger partial charge in [0.25, 0.3) is 0 Å². The molecule has 0 unspecified atom stereocenters. The van der Waals surface area contributed by atoms with Gasteiger partial charge in [-0.25, -0.2) is 4.79 Å². The first-order valence-electron chi connectivity index (χ1n) is 5.58. The lowest BCUT2D eigenvalue weighted by Gasteiger charge is -2.09. The molecule has 0 atom stereocenters. The van der Waals surface area contributed by atoms with Crippen molar-refractivity contribution in [3.63, 3.8) is 0 Å². The highest BCUT2D eigenvalue weighted by Crippen LogP contribution is 2.30. The topological polar surface area (TPSA) is 70.3 Å². The first kappa shape index (κ1) is 12.7. The molecule has 0 aliphatic carbocycles. The van der Waals surface area contributed by atoms with Gasteiger partial charge < -0.3 is 9.84 Å². The fraction of sp³-hybridized carbons (Fsp3) is 0.0667. The minimum Gasteiger partial charge on any atom is -0.507 e. The Morgan fingerprint density at radius 2 is 1.89 bits per heavy atom. The van der Waals surface area contributed by atoms with E-state index in [9.17, 15) is 9.90 Å². The second kappa shape index (κ2) is 5.23. The monoisotopic (exact) mass is 253 g/mol. The average molecular weight is 253 g/mol. The maximum absolute atomic E-state index is 11.7. The number of rotatable bonds is 2. The zero-order chi connectivity index (χ0) is 13.8. The summed E-state index contributed by atoms with van der Waals surface area (Å²) in [4.78, 5) is 11.7. The molecular weight excluding hydrogens is 242 g/mol. The molecule has 0 heterocycles. The number of hydrogen-bond acceptors (Lipinski definition) is 4. The standard InChI is InChI=1S/C15H11NO3/c1-19-15(18)14-12(3-2-4-13(14)17)11-7-5-10(9-16)6-8-11/h2-8,17H,1H3. The Bertz CT molecular complexity index is 654. The normalized spacial score (nSPS) is 9.68. The first-order valence-corrected chi connectivity index (χ1v) is 5.58. The number of phenols is 1. The highest BCUT2D eigenvalue weighted by molar-refractivity contribution is 6.00. The lowest BCUT2D eigenvalue weighted by Crippen LogP contribution is -2.04. The smallest absolute Gasteiger partial charge is 0.342 e. The van der Waals surface area contributed by atoms with Crippen molar-refractivity contribution in [3.8, 4) is 22.9 Å². The zero-order valence-corrected chi connectivity index (χ0v) is 10.3. The van der Waals surface area contributed by atoms with E-state index in [1.165, 1.54) is 13.2 Å². The minimum atomic E-state index is -0.600. The maximum Gasteiger partial charge on any atom is 0.342 e. The largest absolute Gasteiger partial charge is 0.507 e. The number of aromatic hydroxyl groups is 1. The molecule has 2 rings (SSSR count). The molecule has 0 spiro atoms. The van der Waals surface area contributed by atoms with E-state index in [4.69, 9.17) is 5.26 Å². The molecule has 0 bridgehead atoms. The summed E-state index contributed by atoms with van der Waals surface area (Å²) in [6.45, 7) is 0. The summed E-state index contributed by atoms with van der Waals surface area (Å²) in [5.74, 6) is -0.730. The molecule has 1 N–H and O–H groups in total. The van der Waals surface area contributed by atoms with Gasteiger partial charge in [-0.1, -0.05) is 24.3 Å². The number of nitriles is 1. The van der Waals surface area contributed by atoms with Crippen molar-refractivity contribution in [2.24, 2.45) is 0 Å². The van der Waals surface area contributed by atoms with Crippen LogP contribution in [0.5, 0.6) is 5.75 Å². The number of esters is 1. The molecule has 4 nitrogen and oxygen atoms in total. The number of nitrogens with zero attached hydrogens (tertiary/aromatic N) is 1. The summed E-state index contributed by atoms with van der Waals surface area (Å²) < 4.78 is 4.67. The van der Waals surface area contributed by atoms with Crippen LogP contribution >= 0.6 is 0 Å². The molecule has 2 aromatic rings. The van der Waals surface area contributed by atoms with E-state index in [0.717, 1.165) is 5.56 Å². The van der Waals surface area contributed by atoms with E-state index in [1.54, 1.807) is 36.4 Å². The Hall–Kier alpha value is -2.80. The zero-order valence-electron chi connectivity index (χ0n) is 10.3. The van der Waals surface area contributed by atoms with Crippen LogP contribution in [0.15, 0.2) is 42.5 Å². The molecule has 0 radical (unpaired) electrons. The summed E-state index contributed by atoms with van der Waals surface area (Å²) in [6, 6.07) is 13.6. The lowest BCUT2D eigenvalue weighted by molar-refractivity contribution is 0.0598. The Morgan fingerprint density at radius 3 is 2.47 bits per heavy atom. The quantitative estimate of drug-likeness (QED) is 0.835. The van der Waals surface area contributed by atoms with Crippen molar-refractivity contribution in [2.75, 3.05) is 7.11 Å². The van der Waals surface area contributed by atoms with Crippen molar-refractivity contribution in [1.29, 1.82) is 5.26 Å². The van der Waals surface area contributed by atoms with Gasteiger partial charge in [0.15, 0.2) is 0 Å². The molecule has 0 aliphatic heterocycles. The van der Waals surface area contributed by atoms with Crippen LogP contribution in [0, 0.1) is 11.3 Å². The van der Waals surface area contributed by atoms with Gasteiger partial charge in [0.2, 0.25) is 0 Å². The third kappa shape index (κ3) is 2.40. The number of ether oxygens (including phenoxy) is 1. The molecule has 2 aromatic carbocycles. The number of benzene rings is 2. The average Bonchev–Trinajstić information content (AvgIpc) is 2.46. The minimum absolute atomic E-state index is 0.120. The summed E-state index contributed by atoms with van der Waals surface area (Å²) in [6.07, 6.45) is 0. The molecule has 0 aromatic heterocycles. The lowest BCUT2D eigenvalue weighted by atomic mass is 9.98. The van der Waals surface area contributed by atoms with Crippen LogP contribution < -0.4 is 0 Å². The van der Waals surface area contributed by atoms with Crippen LogP contribution in [0.2, 0.25) is 0 Å². The number of hydrogen-bond donors (Lipinski definition) is 1. The number of carbonyl (C=O) groups is 1. The van der Waals surface area contributed by atoms with Crippen molar-refractivity contribution in [2.45, 2.75) is 0 Å². The SMILES string of the molecule is COC(=O)c1c(O)cccc1-c1ccc(C#N)cc1. The Balaban J connectivity index is 2.58. The van der Waals surface area contributed by atoms with Crippen molar-refractivity contribution < 1.29 is 14.6 Å². The Labute approximate surface area is 110 Å². The Morgan fingerprint density at radius 1 is 1.21 bits per heavy atom. The molecule has 0 amide bonds. The van der Waals surface area contributed by atoms with Crippen LogP contribution in [-0.4, -0.2) is 18.2 Å². The highest BCUT2D eigenvalue weighted by atomic mass is 16.5. The number of carbonyl (C=O) groups excluding carboxylic acids is 1. The first-order chi connectivity index (χ1) is 9.17. The van der Waals surface area contributed by atoms with Gasteiger partial charge in [0.1, 0.15) is 11.3 Å². The number of phenolic OH excluding ortho intramolecular Hbond substituents is 1. The predicted octanol–water partition coefficient (Wildman–Crippen LogP) is 2.72. The van der Waals surface area contributed by atoms with Crippen molar-refractivity contribution >= 4 is 5.97 Å². The number of methoxy groups -OCH3 is 1. The molecule has 0 fully saturated rings. The third-order valence-corrected chi connectivity index (χ3v) is 2.76. The summed E-state index contributed by atoms with van der Waals surface area (Å²) >= 11 is 0. The molecule has 0 aliphatic rings. The highest BCUT2D eigenvalue weighted by Gasteiger charge is 2.17. The second-order valence-corrected chi connectivity index (χ2v) is 3.88. The summed E-state index contributed by atoms with van der Waals surface area (Å²) in [5.41, 5.74) is 1.95. The third-order valence-electron chi connectivity index (χ3n) is 2.76. The maximum atomic E-state index is 11.7. The summed E-state index contributed by atoms with van der Waals surface area (Å²) in [7, 11) is 1.26. The van der Waals surface area contributed by atoms with Gasteiger partial charge in [-0.05, 0) is 29.3 Å². The van der Waals surface area contributed by atoms with Gasteiger partial charge in [-0.2, -0.15) is 5.26 Å². The molecule has 0 saturated heterocycles. The van der Waals surface area contributed by atoms with Crippen LogP contribution in [0.1, 0.15) is 15.9 Å². The second-order valence-electron chi connectivity index (χ2n) is 3.88. The van der Waals surface area contributed by atoms with Gasteiger partial charge in [-0.15, -0.1) is 0 Å². The van der Waals surface area contributed by atoms with Gasteiger partial charge in [-0.3, -0.25) is 0 Å². The van der Waals surface area contributed by atoms with Crippen LogP contribution in [0.4, 0.5) is 0 Å².